The van der Waals surface area contributed by atoms with Crippen LogP contribution in [0.2, 0.25) is 0 Å². The van der Waals surface area contributed by atoms with Crippen molar-refractivity contribution < 1.29 is 14.7 Å². The minimum atomic E-state index is -1.30. The third kappa shape index (κ3) is 3.02. The molecule has 1 rings (SSSR count). The van der Waals surface area contributed by atoms with Crippen molar-refractivity contribution in [3.05, 3.63) is 29.8 Å². The molecule has 0 spiro atoms. The first-order valence-corrected chi connectivity index (χ1v) is 4.40. The van der Waals surface area contributed by atoms with Gasteiger partial charge in [-0.2, -0.15) is 0 Å². The molecule has 0 unspecified atom stereocenters. The van der Waals surface area contributed by atoms with Crippen LogP contribution in [-0.2, 0) is 9.59 Å². The number of aryl methyl sites for hydroxylation is 1. The summed E-state index contributed by atoms with van der Waals surface area (Å²) in [6, 6.07) is 6.99. The molecular formula is C11H11NO3. The Morgan fingerprint density at radius 1 is 1.33 bits per heavy atom. The van der Waals surface area contributed by atoms with Gasteiger partial charge >= 0.3 is 5.97 Å². The lowest BCUT2D eigenvalue weighted by Crippen LogP contribution is -2.20. The summed E-state index contributed by atoms with van der Waals surface area (Å²) < 4.78 is 0. The summed E-state index contributed by atoms with van der Waals surface area (Å²) in [6.45, 7) is 3.05. The molecule has 4 nitrogen and oxygen atoms in total. The maximum absolute atomic E-state index is 11.0. The van der Waals surface area contributed by atoms with Crippen molar-refractivity contribution >= 4 is 23.2 Å². The average molecular weight is 205 g/mol. The van der Waals surface area contributed by atoms with Gasteiger partial charge < -0.3 is 5.11 Å². The second-order valence-electron chi connectivity index (χ2n) is 3.16. The van der Waals surface area contributed by atoms with Crippen LogP contribution in [-0.4, -0.2) is 22.6 Å². The molecule has 0 heterocycles. The minimum absolute atomic E-state index is 0.444. The van der Waals surface area contributed by atoms with E-state index in [1.54, 1.807) is 18.2 Å². The van der Waals surface area contributed by atoms with Gasteiger partial charge in [-0.3, -0.25) is 4.79 Å². The zero-order valence-corrected chi connectivity index (χ0v) is 8.52. The normalized spacial score (nSPS) is 11.2. The third-order valence-electron chi connectivity index (χ3n) is 1.78. The Morgan fingerprint density at radius 3 is 2.47 bits per heavy atom. The zero-order valence-electron chi connectivity index (χ0n) is 8.52. The summed E-state index contributed by atoms with van der Waals surface area (Å²) in [5, 5.41) is 8.72. The molecule has 0 atom stereocenters. The Bertz CT molecular complexity index is 419. The summed E-state index contributed by atoms with van der Waals surface area (Å²) in [5.74, 6) is -1.85. The molecule has 1 aromatic carbocycles. The van der Waals surface area contributed by atoms with Gasteiger partial charge in [0.05, 0.1) is 5.69 Å². The van der Waals surface area contributed by atoms with Crippen molar-refractivity contribution in [2.45, 2.75) is 13.8 Å². The lowest BCUT2D eigenvalue weighted by molar-refractivity contribution is -0.130. The number of nitrogens with zero attached hydrogens (tertiary/aromatic N) is 1. The Morgan fingerprint density at radius 2 is 2.00 bits per heavy atom. The van der Waals surface area contributed by atoms with Crippen molar-refractivity contribution in [2.24, 2.45) is 4.99 Å². The molecule has 0 aliphatic carbocycles. The van der Waals surface area contributed by atoms with Crippen molar-refractivity contribution in [3.8, 4) is 0 Å². The van der Waals surface area contributed by atoms with Crippen LogP contribution in [0.5, 0.6) is 0 Å². The number of aliphatic carboxylic acids is 1. The van der Waals surface area contributed by atoms with Crippen molar-refractivity contribution in [1.82, 2.24) is 0 Å². The van der Waals surface area contributed by atoms with Crippen molar-refractivity contribution in [3.63, 3.8) is 0 Å². The SMILES string of the molecule is CC(=O)C(=Nc1cccc(C)c1)C(=O)O. The fourth-order valence-corrected chi connectivity index (χ4v) is 1.10. The number of Topliss-reactive ketones (excluding diaryl/α,β-unsaturated/α-hetero) is 1. The van der Waals surface area contributed by atoms with E-state index in [0.717, 1.165) is 5.56 Å². The van der Waals surface area contributed by atoms with Crippen LogP contribution in [0.25, 0.3) is 0 Å². The Balaban J connectivity index is 3.13. The molecule has 1 N–H and O–H groups in total. The number of ketones is 1. The van der Waals surface area contributed by atoms with Crippen LogP contribution in [0.1, 0.15) is 12.5 Å². The van der Waals surface area contributed by atoms with E-state index in [-0.39, 0.29) is 0 Å². The molecule has 1 aromatic rings. The van der Waals surface area contributed by atoms with E-state index in [1.807, 2.05) is 13.0 Å². The second-order valence-corrected chi connectivity index (χ2v) is 3.16. The van der Waals surface area contributed by atoms with Gasteiger partial charge in [-0.15, -0.1) is 0 Å². The van der Waals surface area contributed by atoms with Crippen LogP contribution in [0.15, 0.2) is 29.3 Å². The maximum Gasteiger partial charge on any atom is 0.358 e. The number of hydrogen-bond acceptors (Lipinski definition) is 3. The summed E-state index contributed by atoms with van der Waals surface area (Å²) in [6.07, 6.45) is 0. The molecule has 0 aliphatic heterocycles. The molecule has 0 bridgehead atoms. The van der Waals surface area contributed by atoms with Gasteiger partial charge in [0.15, 0.2) is 11.5 Å². The topological polar surface area (TPSA) is 66.7 Å². The fourth-order valence-electron chi connectivity index (χ4n) is 1.10. The monoisotopic (exact) mass is 205 g/mol. The minimum Gasteiger partial charge on any atom is -0.476 e. The molecule has 0 aromatic heterocycles. The molecule has 4 heteroatoms. The van der Waals surface area contributed by atoms with Gasteiger partial charge in [0.1, 0.15) is 0 Å². The average Bonchev–Trinajstić information content (AvgIpc) is 2.13. The number of hydrogen-bond donors (Lipinski definition) is 1. The zero-order chi connectivity index (χ0) is 11.4. The number of carboxylic acids is 1. The molecule has 0 saturated carbocycles. The molecule has 0 radical (unpaired) electrons. The highest BCUT2D eigenvalue weighted by Crippen LogP contribution is 2.13. The molecular weight excluding hydrogens is 194 g/mol. The predicted molar refractivity (Wildman–Crippen MR) is 56.6 cm³/mol. The summed E-state index contributed by atoms with van der Waals surface area (Å²) in [7, 11) is 0. The summed E-state index contributed by atoms with van der Waals surface area (Å²) in [5.41, 5.74) is 0.993. The Kier molecular flexibility index (Phi) is 3.33. The molecule has 0 saturated heterocycles. The highest BCUT2D eigenvalue weighted by molar-refractivity contribution is 6.63. The fraction of sp³-hybridized carbons (Fsp3) is 0.182. The third-order valence-corrected chi connectivity index (χ3v) is 1.78. The van der Waals surface area contributed by atoms with Crippen molar-refractivity contribution in [2.75, 3.05) is 0 Å². The number of benzene rings is 1. The molecule has 0 fully saturated rings. The van der Waals surface area contributed by atoms with Gasteiger partial charge in [0.25, 0.3) is 0 Å². The van der Waals surface area contributed by atoms with Crippen LogP contribution in [0.3, 0.4) is 0 Å². The van der Waals surface area contributed by atoms with Crippen LogP contribution >= 0.6 is 0 Å². The smallest absolute Gasteiger partial charge is 0.358 e. The van der Waals surface area contributed by atoms with E-state index >= 15 is 0 Å². The predicted octanol–water partition coefficient (Wildman–Crippen LogP) is 1.74. The first kappa shape index (κ1) is 11.1. The first-order valence-electron chi connectivity index (χ1n) is 4.40. The quantitative estimate of drug-likeness (QED) is 0.603. The number of carboxylic acid groups (broad SMARTS) is 1. The molecule has 15 heavy (non-hydrogen) atoms. The summed E-state index contributed by atoms with van der Waals surface area (Å²) in [4.78, 5) is 25.4. The lowest BCUT2D eigenvalue weighted by Gasteiger charge is -1.98. The standard InChI is InChI=1S/C11H11NO3/c1-7-4-3-5-9(6-7)12-10(8(2)13)11(14)15/h3-6H,1-2H3,(H,14,15). The van der Waals surface area contributed by atoms with Crippen LogP contribution < -0.4 is 0 Å². The lowest BCUT2D eigenvalue weighted by atomic mass is 10.2. The number of rotatable bonds is 3. The first-order chi connectivity index (χ1) is 7.00. The number of carbonyl (C=O) groups is 2. The van der Waals surface area contributed by atoms with Gasteiger partial charge in [0.2, 0.25) is 0 Å². The largest absolute Gasteiger partial charge is 0.476 e. The Hall–Kier alpha value is -1.97. The van der Waals surface area contributed by atoms with Crippen molar-refractivity contribution in [1.29, 1.82) is 0 Å². The molecule has 0 amide bonds. The van der Waals surface area contributed by atoms with E-state index in [2.05, 4.69) is 4.99 Å². The highest BCUT2D eigenvalue weighted by atomic mass is 16.4. The van der Waals surface area contributed by atoms with E-state index in [0.29, 0.717) is 5.69 Å². The van der Waals surface area contributed by atoms with Crippen LogP contribution in [0, 0.1) is 6.92 Å². The maximum atomic E-state index is 11.0. The Labute approximate surface area is 87.3 Å². The van der Waals surface area contributed by atoms with Gasteiger partial charge in [-0.1, -0.05) is 12.1 Å². The molecule has 78 valence electrons. The van der Waals surface area contributed by atoms with Gasteiger partial charge in [-0.05, 0) is 24.6 Å². The van der Waals surface area contributed by atoms with E-state index in [1.165, 1.54) is 6.92 Å². The van der Waals surface area contributed by atoms with Crippen LogP contribution in [0.4, 0.5) is 5.69 Å². The van der Waals surface area contributed by atoms with Gasteiger partial charge in [0, 0.05) is 6.92 Å². The second kappa shape index (κ2) is 4.50. The highest BCUT2D eigenvalue weighted by Gasteiger charge is 2.14. The van der Waals surface area contributed by atoms with E-state index in [4.69, 9.17) is 5.11 Å². The summed E-state index contributed by atoms with van der Waals surface area (Å²) >= 11 is 0. The van der Waals surface area contributed by atoms with E-state index < -0.39 is 17.5 Å². The number of carbonyl (C=O) groups excluding carboxylic acids is 1. The van der Waals surface area contributed by atoms with Gasteiger partial charge in [-0.25, -0.2) is 9.79 Å². The molecule has 0 aliphatic rings. The van der Waals surface area contributed by atoms with E-state index in [9.17, 15) is 9.59 Å². The number of aliphatic imine (C=N–C) groups is 1.